The summed E-state index contributed by atoms with van der Waals surface area (Å²) in [5.74, 6) is 0. The van der Waals surface area contributed by atoms with Crippen molar-refractivity contribution >= 4 is 6.03 Å². The van der Waals surface area contributed by atoms with E-state index in [2.05, 4.69) is 20.6 Å². The number of carbonyl (C=O) groups excluding carboxylic acids is 1. The van der Waals surface area contributed by atoms with Crippen molar-refractivity contribution in [3.05, 3.63) is 18.0 Å². The van der Waals surface area contributed by atoms with Crippen LogP contribution in [0, 0.1) is 0 Å². The van der Waals surface area contributed by atoms with Gasteiger partial charge in [-0.2, -0.15) is 5.10 Å². The number of hydrogen-bond donors (Lipinski definition) is 2. The summed E-state index contributed by atoms with van der Waals surface area (Å²) in [7, 11) is 1.93. The van der Waals surface area contributed by atoms with Crippen LogP contribution in [0.4, 0.5) is 4.79 Å². The molecule has 3 rings (SSSR count). The highest BCUT2D eigenvalue weighted by molar-refractivity contribution is 5.74. The number of aryl methyl sites for hydroxylation is 1. The van der Waals surface area contributed by atoms with Crippen molar-refractivity contribution < 1.29 is 4.79 Å². The molecule has 1 aromatic heterocycles. The first-order chi connectivity index (χ1) is 11.7. The second-order valence-electron chi connectivity index (χ2n) is 7.22. The fourth-order valence-electron chi connectivity index (χ4n) is 4.09. The van der Waals surface area contributed by atoms with E-state index in [0.29, 0.717) is 6.54 Å². The molecule has 1 unspecified atom stereocenters. The summed E-state index contributed by atoms with van der Waals surface area (Å²) < 4.78 is 1.85. The zero-order chi connectivity index (χ0) is 16.8. The SMILES string of the molecule is Cn1nccc1CCNC(=O)NC1CCCN(C2CCCCC2)C1. The fraction of sp³-hybridized carbons (Fsp3) is 0.778. The van der Waals surface area contributed by atoms with Crippen LogP contribution < -0.4 is 10.6 Å². The maximum Gasteiger partial charge on any atom is 0.315 e. The third kappa shape index (κ3) is 4.72. The van der Waals surface area contributed by atoms with Crippen molar-refractivity contribution in [1.82, 2.24) is 25.3 Å². The third-order valence-electron chi connectivity index (χ3n) is 5.47. The largest absolute Gasteiger partial charge is 0.338 e. The Morgan fingerprint density at radius 3 is 2.83 bits per heavy atom. The van der Waals surface area contributed by atoms with Crippen molar-refractivity contribution in [2.45, 2.75) is 63.5 Å². The van der Waals surface area contributed by atoms with Gasteiger partial charge in [-0.3, -0.25) is 9.58 Å². The van der Waals surface area contributed by atoms with E-state index in [4.69, 9.17) is 0 Å². The van der Waals surface area contributed by atoms with E-state index in [-0.39, 0.29) is 12.1 Å². The van der Waals surface area contributed by atoms with Gasteiger partial charge >= 0.3 is 6.03 Å². The molecule has 6 heteroatoms. The van der Waals surface area contributed by atoms with E-state index in [1.165, 1.54) is 45.1 Å². The molecule has 1 saturated carbocycles. The monoisotopic (exact) mass is 333 g/mol. The van der Waals surface area contributed by atoms with E-state index in [1.54, 1.807) is 6.20 Å². The molecule has 1 aromatic rings. The summed E-state index contributed by atoms with van der Waals surface area (Å²) in [6, 6.07) is 2.99. The highest BCUT2D eigenvalue weighted by atomic mass is 16.2. The highest BCUT2D eigenvalue weighted by Gasteiger charge is 2.27. The fourth-order valence-corrected chi connectivity index (χ4v) is 4.09. The molecule has 1 aliphatic heterocycles. The first-order valence-corrected chi connectivity index (χ1v) is 9.47. The van der Waals surface area contributed by atoms with Gasteiger partial charge in [0.25, 0.3) is 0 Å². The summed E-state index contributed by atoms with van der Waals surface area (Å²) in [5.41, 5.74) is 1.14. The lowest BCUT2D eigenvalue weighted by molar-refractivity contribution is 0.112. The van der Waals surface area contributed by atoms with Gasteiger partial charge in [0.1, 0.15) is 0 Å². The van der Waals surface area contributed by atoms with Crippen LogP contribution in [0.1, 0.15) is 50.6 Å². The zero-order valence-electron chi connectivity index (χ0n) is 14.8. The predicted molar refractivity (Wildman–Crippen MR) is 94.9 cm³/mol. The maximum atomic E-state index is 12.1. The summed E-state index contributed by atoms with van der Waals surface area (Å²) in [6.07, 6.45) is 11.7. The van der Waals surface area contributed by atoms with Crippen LogP contribution in [0.15, 0.2) is 12.3 Å². The second-order valence-corrected chi connectivity index (χ2v) is 7.22. The maximum absolute atomic E-state index is 12.1. The average Bonchev–Trinajstić information content (AvgIpc) is 3.01. The molecule has 2 amide bonds. The number of aromatic nitrogens is 2. The van der Waals surface area contributed by atoms with Gasteiger partial charge in [-0.25, -0.2) is 4.79 Å². The van der Waals surface area contributed by atoms with Gasteiger partial charge in [-0.05, 0) is 38.3 Å². The quantitative estimate of drug-likeness (QED) is 0.867. The van der Waals surface area contributed by atoms with E-state index in [9.17, 15) is 4.79 Å². The first-order valence-electron chi connectivity index (χ1n) is 9.47. The van der Waals surface area contributed by atoms with Crippen molar-refractivity contribution in [1.29, 1.82) is 0 Å². The molecule has 0 spiro atoms. The van der Waals surface area contributed by atoms with Crippen LogP contribution in [0.2, 0.25) is 0 Å². The number of nitrogens with zero attached hydrogens (tertiary/aromatic N) is 3. The lowest BCUT2D eigenvalue weighted by Gasteiger charge is -2.40. The van der Waals surface area contributed by atoms with Gasteiger partial charge in [0.05, 0.1) is 0 Å². The molecule has 0 radical (unpaired) electrons. The number of piperidine rings is 1. The summed E-state index contributed by atoms with van der Waals surface area (Å²) in [6.45, 7) is 2.86. The lowest BCUT2D eigenvalue weighted by Crippen LogP contribution is -2.53. The lowest BCUT2D eigenvalue weighted by atomic mass is 9.92. The molecule has 2 heterocycles. The Morgan fingerprint density at radius 1 is 1.25 bits per heavy atom. The van der Waals surface area contributed by atoms with Gasteiger partial charge in [0, 0.05) is 50.5 Å². The van der Waals surface area contributed by atoms with Gasteiger partial charge in [-0.1, -0.05) is 19.3 Å². The number of nitrogens with one attached hydrogen (secondary N) is 2. The minimum Gasteiger partial charge on any atom is -0.338 e. The Bertz CT molecular complexity index is 523. The van der Waals surface area contributed by atoms with Crippen LogP contribution >= 0.6 is 0 Å². The number of hydrogen-bond acceptors (Lipinski definition) is 3. The molecule has 0 aromatic carbocycles. The van der Waals surface area contributed by atoms with Crippen molar-refractivity contribution in [3.8, 4) is 0 Å². The van der Waals surface area contributed by atoms with Crippen molar-refractivity contribution in [2.75, 3.05) is 19.6 Å². The van der Waals surface area contributed by atoms with Gasteiger partial charge in [0.2, 0.25) is 0 Å². The number of rotatable bonds is 5. The Kier molecular flexibility index (Phi) is 6.12. The molecule has 6 nitrogen and oxygen atoms in total. The predicted octanol–water partition coefficient (Wildman–Crippen LogP) is 2.06. The normalized spacial score (nSPS) is 23.1. The minimum absolute atomic E-state index is 0.0346. The Morgan fingerprint density at radius 2 is 2.08 bits per heavy atom. The van der Waals surface area contributed by atoms with Crippen LogP contribution in [0.5, 0.6) is 0 Å². The van der Waals surface area contributed by atoms with Gasteiger partial charge in [0.15, 0.2) is 0 Å². The summed E-state index contributed by atoms with van der Waals surface area (Å²) in [4.78, 5) is 14.8. The van der Waals surface area contributed by atoms with E-state index in [1.807, 2.05) is 17.8 Å². The molecule has 0 bridgehead atoms. The number of urea groups is 1. The molecule has 2 fully saturated rings. The smallest absolute Gasteiger partial charge is 0.315 e. The van der Waals surface area contributed by atoms with Gasteiger partial charge < -0.3 is 10.6 Å². The Labute approximate surface area is 145 Å². The first kappa shape index (κ1) is 17.3. The number of amides is 2. The van der Waals surface area contributed by atoms with E-state index >= 15 is 0 Å². The van der Waals surface area contributed by atoms with Crippen LogP contribution in [-0.4, -0.2) is 52.4 Å². The highest BCUT2D eigenvalue weighted by Crippen LogP contribution is 2.25. The molecule has 2 N–H and O–H groups in total. The Hall–Kier alpha value is -1.56. The molecule has 1 saturated heterocycles. The van der Waals surface area contributed by atoms with Gasteiger partial charge in [-0.15, -0.1) is 0 Å². The summed E-state index contributed by atoms with van der Waals surface area (Å²) in [5, 5.41) is 10.3. The topological polar surface area (TPSA) is 62.2 Å². The zero-order valence-corrected chi connectivity index (χ0v) is 14.8. The van der Waals surface area contributed by atoms with E-state index < -0.39 is 0 Å². The average molecular weight is 333 g/mol. The molecule has 1 atom stereocenters. The second kappa shape index (κ2) is 8.51. The minimum atomic E-state index is -0.0346. The number of carbonyl (C=O) groups is 1. The van der Waals surface area contributed by atoms with Crippen LogP contribution in [-0.2, 0) is 13.5 Å². The van der Waals surface area contributed by atoms with Crippen molar-refractivity contribution in [2.24, 2.45) is 7.05 Å². The van der Waals surface area contributed by atoms with E-state index in [0.717, 1.165) is 31.1 Å². The number of likely N-dealkylation sites (tertiary alicyclic amines) is 1. The third-order valence-corrected chi connectivity index (χ3v) is 5.47. The molecule has 1 aliphatic carbocycles. The summed E-state index contributed by atoms with van der Waals surface area (Å²) >= 11 is 0. The molecule has 134 valence electrons. The molecular weight excluding hydrogens is 302 g/mol. The Balaban J connectivity index is 1.38. The molecule has 2 aliphatic rings. The van der Waals surface area contributed by atoms with Crippen LogP contribution in [0.25, 0.3) is 0 Å². The molecule has 24 heavy (non-hydrogen) atoms. The molecular formula is C18H31N5O. The van der Waals surface area contributed by atoms with Crippen molar-refractivity contribution in [3.63, 3.8) is 0 Å². The van der Waals surface area contributed by atoms with Crippen LogP contribution in [0.3, 0.4) is 0 Å². The standard InChI is InChI=1S/C18H31N5O/c1-22-16(10-12-20-22)9-11-19-18(24)21-15-6-5-13-23(14-15)17-7-3-2-4-8-17/h10,12,15,17H,2-9,11,13-14H2,1H3,(H2,19,21,24).